The highest BCUT2D eigenvalue weighted by Crippen LogP contribution is 2.36. The molecule has 0 aromatic carbocycles. The lowest BCUT2D eigenvalue weighted by molar-refractivity contribution is -0.0456. The van der Waals surface area contributed by atoms with Crippen molar-refractivity contribution in [2.45, 2.75) is 37.5 Å². The van der Waals surface area contributed by atoms with Crippen molar-refractivity contribution < 1.29 is 9.84 Å². The van der Waals surface area contributed by atoms with Crippen molar-refractivity contribution in [1.29, 1.82) is 0 Å². The summed E-state index contributed by atoms with van der Waals surface area (Å²) in [4.78, 5) is 6.50. The second-order valence-corrected chi connectivity index (χ2v) is 5.68. The molecule has 0 saturated carbocycles. The van der Waals surface area contributed by atoms with Gasteiger partial charge < -0.3 is 15.6 Å². The lowest BCUT2D eigenvalue weighted by Crippen LogP contribution is -2.43. The number of aliphatic hydroxyl groups excluding tert-OH is 1. The van der Waals surface area contributed by atoms with Gasteiger partial charge in [-0.3, -0.25) is 4.90 Å². The summed E-state index contributed by atoms with van der Waals surface area (Å²) < 4.78 is 5.80. The Bertz CT molecular complexity index is 444. The summed E-state index contributed by atoms with van der Waals surface area (Å²) in [6.45, 7) is 3.32. The third-order valence-corrected chi connectivity index (χ3v) is 4.28. The average Bonchev–Trinajstić information content (AvgIpc) is 2.77. The Morgan fingerprint density at radius 2 is 2.26 bits per heavy atom. The third kappa shape index (κ3) is 2.73. The van der Waals surface area contributed by atoms with Crippen molar-refractivity contribution in [2.24, 2.45) is 0 Å². The fourth-order valence-corrected chi connectivity index (χ4v) is 3.11. The topological polar surface area (TPSA) is 71.6 Å². The van der Waals surface area contributed by atoms with Gasteiger partial charge >= 0.3 is 0 Å². The first-order chi connectivity index (χ1) is 9.17. The van der Waals surface area contributed by atoms with Crippen LogP contribution in [0.25, 0.3) is 0 Å². The average molecular weight is 263 g/mol. The normalized spacial score (nSPS) is 26.9. The second-order valence-electron chi connectivity index (χ2n) is 5.68. The number of piperidine rings is 1. The Balaban J connectivity index is 1.58. The van der Waals surface area contributed by atoms with Crippen molar-refractivity contribution in [3.8, 4) is 0 Å². The first-order valence-electron chi connectivity index (χ1n) is 6.91. The maximum Gasteiger partial charge on any atom is 0.127 e. The Morgan fingerprint density at radius 1 is 1.47 bits per heavy atom. The van der Waals surface area contributed by atoms with Crippen LogP contribution in [0.3, 0.4) is 0 Å². The largest absolute Gasteiger partial charge is 0.391 e. The predicted molar refractivity (Wildman–Crippen MR) is 72.5 cm³/mol. The minimum atomic E-state index is -0.277. The molecule has 1 aromatic heterocycles. The summed E-state index contributed by atoms with van der Waals surface area (Å²) >= 11 is 0. The number of aromatic nitrogens is 1. The van der Waals surface area contributed by atoms with E-state index in [-0.39, 0.29) is 11.7 Å². The third-order valence-electron chi connectivity index (χ3n) is 4.28. The van der Waals surface area contributed by atoms with Gasteiger partial charge in [0.05, 0.1) is 18.3 Å². The lowest BCUT2D eigenvalue weighted by Gasteiger charge is -2.38. The predicted octanol–water partition coefficient (Wildman–Crippen LogP) is 0.780. The molecule has 1 aromatic rings. The van der Waals surface area contributed by atoms with Gasteiger partial charge in [0.1, 0.15) is 5.82 Å². The van der Waals surface area contributed by atoms with Crippen LogP contribution in [0.4, 0.5) is 5.82 Å². The molecule has 2 fully saturated rings. The molecule has 3 rings (SSSR count). The molecular formula is C14H21N3O2. The van der Waals surface area contributed by atoms with E-state index in [1.807, 2.05) is 12.1 Å². The molecule has 1 atom stereocenters. The number of rotatable bonds is 2. The zero-order chi connectivity index (χ0) is 13.3. The van der Waals surface area contributed by atoms with E-state index in [4.69, 9.17) is 10.5 Å². The molecule has 19 heavy (non-hydrogen) atoms. The maximum atomic E-state index is 9.62. The first-order valence-corrected chi connectivity index (χ1v) is 6.91. The van der Waals surface area contributed by atoms with Crippen molar-refractivity contribution in [3.05, 3.63) is 23.9 Å². The van der Waals surface area contributed by atoms with Crippen LogP contribution in [0.15, 0.2) is 18.3 Å². The van der Waals surface area contributed by atoms with Gasteiger partial charge in [0.2, 0.25) is 0 Å². The first kappa shape index (κ1) is 12.8. The number of pyridine rings is 1. The standard InChI is InChI=1S/C14H21N3O2/c15-13-11(2-1-5-16-13)9-17-6-3-14(4-7-17)8-12(18)10-19-14/h1-2,5,12,18H,3-4,6-10H2,(H2,15,16)/t12-/m1/s1. The molecule has 1 spiro atoms. The van der Waals surface area contributed by atoms with Gasteiger partial charge in [0.25, 0.3) is 0 Å². The second kappa shape index (κ2) is 5.07. The number of aliphatic hydroxyl groups is 1. The summed E-state index contributed by atoms with van der Waals surface area (Å²) in [6.07, 6.45) is 4.21. The van der Waals surface area contributed by atoms with E-state index in [9.17, 15) is 5.11 Å². The van der Waals surface area contributed by atoms with Crippen LogP contribution in [0.1, 0.15) is 24.8 Å². The Morgan fingerprint density at radius 3 is 2.89 bits per heavy atom. The van der Waals surface area contributed by atoms with Crippen LogP contribution in [0.2, 0.25) is 0 Å². The number of hydrogen-bond donors (Lipinski definition) is 2. The lowest BCUT2D eigenvalue weighted by atomic mass is 9.88. The van der Waals surface area contributed by atoms with E-state index < -0.39 is 0 Å². The highest BCUT2D eigenvalue weighted by atomic mass is 16.5. The molecule has 0 aliphatic carbocycles. The van der Waals surface area contributed by atoms with E-state index >= 15 is 0 Å². The van der Waals surface area contributed by atoms with Crippen molar-refractivity contribution >= 4 is 5.82 Å². The molecule has 2 aliphatic rings. The molecule has 0 unspecified atom stereocenters. The quantitative estimate of drug-likeness (QED) is 0.825. The Labute approximate surface area is 113 Å². The van der Waals surface area contributed by atoms with Crippen LogP contribution >= 0.6 is 0 Å². The van der Waals surface area contributed by atoms with Gasteiger partial charge in [-0.05, 0) is 18.9 Å². The molecule has 5 nitrogen and oxygen atoms in total. The molecule has 3 heterocycles. The fraction of sp³-hybridized carbons (Fsp3) is 0.643. The van der Waals surface area contributed by atoms with Gasteiger partial charge in [-0.15, -0.1) is 0 Å². The smallest absolute Gasteiger partial charge is 0.127 e. The minimum absolute atomic E-state index is 0.0730. The highest BCUT2D eigenvalue weighted by Gasteiger charge is 2.42. The number of anilines is 1. The van der Waals surface area contributed by atoms with Crippen LogP contribution in [-0.4, -0.2) is 46.4 Å². The molecule has 2 aliphatic heterocycles. The van der Waals surface area contributed by atoms with Gasteiger partial charge in [0, 0.05) is 37.8 Å². The molecule has 3 N–H and O–H groups in total. The molecule has 2 saturated heterocycles. The number of hydrogen-bond acceptors (Lipinski definition) is 5. The Hall–Kier alpha value is -1.17. The number of nitrogens with zero attached hydrogens (tertiary/aromatic N) is 2. The van der Waals surface area contributed by atoms with E-state index in [0.29, 0.717) is 12.4 Å². The SMILES string of the molecule is Nc1ncccc1CN1CCC2(CC1)C[C@@H](O)CO2. The van der Waals surface area contributed by atoms with Crippen LogP contribution in [0.5, 0.6) is 0 Å². The van der Waals surface area contributed by atoms with Crippen LogP contribution in [0, 0.1) is 0 Å². The fourth-order valence-electron chi connectivity index (χ4n) is 3.11. The molecule has 0 radical (unpaired) electrons. The summed E-state index contributed by atoms with van der Waals surface area (Å²) in [5.41, 5.74) is 6.89. The molecule has 5 heteroatoms. The minimum Gasteiger partial charge on any atom is -0.391 e. The van der Waals surface area contributed by atoms with Gasteiger partial charge in [-0.2, -0.15) is 0 Å². The zero-order valence-electron chi connectivity index (χ0n) is 11.1. The number of ether oxygens (including phenoxy) is 1. The van der Waals surface area contributed by atoms with Crippen LogP contribution < -0.4 is 5.73 Å². The van der Waals surface area contributed by atoms with Crippen LogP contribution in [-0.2, 0) is 11.3 Å². The highest BCUT2D eigenvalue weighted by molar-refractivity contribution is 5.38. The van der Waals surface area contributed by atoms with E-state index in [0.717, 1.165) is 44.5 Å². The summed E-state index contributed by atoms with van der Waals surface area (Å²) in [6, 6.07) is 3.95. The monoisotopic (exact) mass is 263 g/mol. The van der Waals surface area contributed by atoms with Gasteiger partial charge in [-0.1, -0.05) is 6.07 Å². The van der Waals surface area contributed by atoms with Gasteiger partial charge in [-0.25, -0.2) is 4.98 Å². The summed E-state index contributed by atoms with van der Waals surface area (Å²) in [7, 11) is 0. The molecular weight excluding hydrogens is 242 g/mol. The molecule has 0 amide bonds. The zero-order valence-corrected chi connectivity index (χ0v) is 11.1. The van der Waals surface area contributed by atoms with Gasteiger partial charge in [0.15, 0.2) is 0 Å². The summed E-state index contributed by atoms with van der Waals surface area (Å²) in [5, 5.41) is 9.62. The number of nitrogen functional groups attached to an aromatic ring is 1. The van der Waals surface area contributed by atoms with Crippen molar-refractivity contribution in [1.82, 2.24) is 9.88 Å². The molecule has 104 valence electrons. The molecule has 0 bridgehead atoms. The van der Waals surface area contributed by atoms with Crippen molar-refractivity contribution in [3.63, 3.8) is 0 Å². The van der Waals surface area contributed by atoms with Crippen molar-refractivity contribution in [2.75, 3.05) is 25.4 Å². The Kier molecular flexibility index (Phi) is 3.43. The maximum absolute atomic E-state index is 9.62. The number of likely N-dealkylation sites (tertiary alicyclic amines) is 1. The summed E-state index contributed by atoms with van der Waals surface area (Å²) in [5.74, 6) is 0.621. The number of nitrogens with two attached hydrogens (primary N) is 1. The van der Waals surface area contributed by atoms with E-state index in [2.05, 4.69) is 9.88 Å². The van der Waals surface area contributed by atoms with E-state index in [1.165, 1.54) is 0 Å². The van der Waals surface area contributed by atoms with E-state index in [1.54, 1.807) is 6.20 Å².